The van der Waals surface area contributed by atoms with E-state index < -0.39 is 6.10 Å². The van der Waals surface area contributed by atoms with Crippen LogP contribution in [0.25, 0.3) is 0 Å². The average Bonchev–Trinajstić information content (AvgIpc) is 2.13. The number of aryl methyl sites for hydroxylation is 2. The van der Waals surface area contributed by atoms with Crippen LogP contribution in [-0.4, -0.2) is 11.7 Å². The van der Waals surface area contributed by atoms with Crippen molar-refractivity contribution in [2.24, 2.45) is 5.73 Å². The third-order valence-corrected chi connectivity index (χ3v) is 2.87. The highest BCUT2D eigenvalue weighted by atomic mass is 35.5. The van der Waals surface area contributed by atoms with Gasteiger partial charge in [0.1, 0.15) is 0 Å². The van der Waals surface area contributed by atoms with Crippen molar-refractivity contribution in [2.45, 2.75) is 26.4 Å². The zero-order valence-electron chi connectivity index (χ0n) is 8.55. The summed E-state index contributed by atoms with van der Waals surface area (Å²) >= 11 is 6.13. The van der Waals surface area contributed by atoms with E-state index in [0.717, 1.165) is 16.7 Å². The first-order chi connectivity index (χ1) is 6.57. The highest BCUT2D eigenvalue weighted by Gasteiger charge is 2.14. The largest absolute Gasteiger partial charge is 0.388 e. The van der Waals surface area contributed by atoms with Gasteiger partial charge < -0.3 is 10.8 Å². The van der Waals surface area contributed by atoms with Gasteiger partial charge in [0, 0.05) is 10.6 Å². The highest BCUT2D eigenvalue weighted by molar-refractivity contribution is 6.32. The van der Waals surface area contributed by atoms with E-state index in [1.165, 1.54) is 0 Å². The minimum absolute atomic E-state index is 0.463. The molecule has 1 rings (SSSR count). The Morgan fingerprint density at radius 1 is 1.36 bits per heavy atom. The van der Waals surface area contributed by atoms with Crippen LogP contribution < -0.4 is 5.73 Å². The average molecular weight is 214 g/mol. The first-order valence-corrected chi connectivity index (χ1v) is 5.09. The van der Waals surface area contributed by atoms with Gasteiger partial charge in [0.25, 0.3) is 0 Å². The summed E-state index contributed by atoms with van der Waals surface area (Å²) in [6, 6.07) is 3.92. The van der Waals surface area contributed by atoms with Gasteiger partial charge in [0.2, 0.25) is 0 Å². The van der Waals surface area contributed by atoms with Gasteiger partial charge in [-0.15, -0.1) is 0 Å². The van der Waals surface area contributed by atoms with Crippen LogP contribution in [0.2, 0.25) is 5.02 Å². The van der Waals surface area contributed by atoms with E-state index in [1.807, 2.05) is 26.0 Å². The summed E-state index contributed by atoms with van der Waals surface area (Å²) in [5, 5.41) is 10.5. The summed E-state index contributed by atoms with van der Waals surface area (Å²) in [6.07, 6.45) is -0.00306. The molecule has 0 saturated heterocycles. The Bertz CT molecular complexity index is 325. The molecular weight excluding hydrogens is 198 g/mol. The summed E-state index contributed by atoms with van der Waals surface area (Å²) in [5.41, 5.74) is 8.22. The van der Waals surface area contributed by atoms with E-state index in [1.54, 1.807) is 0 Å². The molecule has 0 aliphatic rings. The van der Waals surface area contributed by atoms with Crippen molar-refractivity contribution in [1.82, 2.24) is 0 Å². The van der Waals surface area contributed by atoms with E-state index in [-0.39, 0.29) is 0 Å². The third-order valence-electron chi connectivity index (χ3n) is 2.36. The van der Waals surface area contributed by atoms with Crippen LogP contribution in [-0.2, 0) is 0 Å². The van der Waals surface area contributed by atoms with Crippen LogP contribution in [0, 0.1) is 13.8 Å². The Morgan fingerprint density at radius 3 is 2.50 bits per heavy atom. The second kappa shape index (κ2) is 4.78. The molecular formula is C11H16ClNO. The SMILES string of the molecule is Cc1ccc(C)c(C(O)CCN)c1Cl. The molecule has 1 aromatic rings. The smallest absolute Gasteiger partial charge is 0.0819 e. The molecule has 0 aliphatic heterocycles. The van der Waals surface area contributed by atoms with Gasteiger partial charge in [-0.1, -0.05) is 23.7 Å². The fourth-order valence-electron chi connectivity index (χ4n) is 1.51. The van der Waals surface area contributed by atoms with Gasteiger partial charge in [0.15, 0.2) is 0 Å². The first-order valence-electron chi connectivity index (χ1n) is 4.71. The minimum Gasteiger partial charge on any atom is -0.388 e. The maximum atomic E-state index is 9.84. The number of aliphatic hydroxyl groups excluding tert-OH is 1. The molecule has 1 unspecified atom stereocenters. The molecule has 0 aromatic heterocycles. The van der Waals surface area contributed by atoms with Crippen molar-refractivity contribution in [3.63, 3.8) is 0 Å². The van der Waals surface area contributed by atoms with Crippen LogP contribution in [0.5, 0.6) is 0 Å². The molecule has 0 bridgehead atoms. The zero-order chi connectivity index (χ0) is 10.7. The van der Waals surface area contributed by atoms with E-state index in [2.05, 4.69) is 0 Å². The summed E-state index contributed by atoms with van der Waals surface area (Å²) in [6.45, 7) is 4.34. The molecule has 0 saturated carbocycles. The van der Waals surface area contributed by atoms with Crippen molar-refractivity contribution in [3.8, 4) is 0 Å². The fourth-order valence-corrected chi connectivity index (χ4v) is 1.85. The Balaban J connectivity index is 3.11. The highest BCUT2D eigenvalue weighted by Crippen LogP contribution is 2.30. The number of nitrogens with two attached hydrogens (primary N) is 1. The van der Waals surface area contributed by atoms with Gasteiger partial charge in [-0.3, -0.25) is 0 Å². The Kier molecular flexibility index (Phi) is 3.93. The van der Waals surface area contributed by atoms with Gasteiger partial charge in [-0.05, 0) is 37.9 Å². The van der Waals surface area contributed by atoms with E-state index in [4.69, 9.17) is 17.3 Å². The number of benzene rings is 1. The van der Waals surface area contributed by atoms with Crippen LogP contribution in [0.4, 0.5) is 0 Å². The lowest BCUT2D eigenvalue weighted by atomic mass is 9.99. The molecule has 0 heterocycles. The van der Waals surface area contributed by atoms with Gasteiger partial charge in [-0.2, -0.15) is 0 Å². The number of rotatable bonds is 3. The fraction of sp³-hybridized carbons (Fsp3) is 0.455. The monoisotopic (exact) mass is 213 g/mol. The molecule has 0 spiro atoms. The molecule has 3 heteroatoms. The van der Waals surface area contributed by atoms with E-state index >= 15 is 0 Å². The normalized spacial score (nSPS) is 12.9. The topological polar surface area (TPSA) is 46.2 Å². The molecule has 0 fully saturated rings. The molecule has 3 N–H and O–H groups in total. The van der Waals surface area contributed by atoms with Crippen molar-refractivity contribution >= 4 is 11.6 Å². The standard InChI is InChI=1S/C11H16ClNO/c1-7-3-4-8(2)11(12)10(7)9(14)5-6-13/h3-4,9,14H,5-6,13H2,1-2H3. The van der Waals surface area contributed by atoms with Crippen molar-refractivity contribution in [2.75, 3.05) is 6.54 Å². The number of hydrogen-bond acceptors (Lipinski definition) is 2. The lowest BCUT2D eigenvalue weighted by Gasteiger charge is -2.16. The molecule has 0 radical (unpaired) electrons. The van der Waals surface area contributed by atoms with E-state index in [0.29, 0.717) is 18.0 Å². The second-order valence-electron chi connectivity index (χ2n) is 3.52. The third kappa shape index (κ3) is 2.27. The van der Waals surface area contributed by atoms with Crippen LogP contribution in [0.3, 0.4) is 0 Å². The molecule has 0 aliphatic carbocycles. The molecule has 1 aromatic carbocycles. The maximum absolute atomic E-state index is 9.84. The van der Waals surface area contributed by atoms with Crippen LogP contribution in [0.15, 0.2) is 12.1 Å². The Hall–Kier alpha value is -0.570. The second-order valence-corrected chi connectivity index (χ2v) is 3.90. The van der Waals surface area contributed by atoms with Crippen LogP contribution in [0.1, 0.15) is 29.2 Å². The summed E-state index contributed by atoms with van der Waals surface area (Å²) in [4.78, 5) is 0. The number of halogens is 1. The number of hydrogen-bond donors (Lipinski definition) is 2. The van der Waals surface area contributed by atoms with Crippen LogP contribution >= 0.6 is 11.6 Å². The molecule has 78 valence electrons. The summed E-state index contributed by atoms with van der Waals surface area (Å²) in [5.74, 6) is 0. The van der Waals surface area contributed by atoms with Crippen molar-refractivity contribution < 1.29 is 5.11 Å². The summed E-state index contributed by atoms with van der Waals surface area (Å²) in [7, 11) is 0. The molecule has 2 nitrogen and oxygen atoms in total. The minimum atomic E-state index is -0.549. The quantitative estimate of drug-likeness (QED) is 0.810. The predicted molar refractivity (Wildman–Crippen MR) is 59.6 cm³/mol. The molecule has 1 atom stereocenters. The molecule has 14 heavy (non-hydrogen) atoms. The van der Waals surface area contributed by atoms with E-state index in [9.17, 15) is 5.11 Å². The number of aliphatic hydroxyl groups is 1. The zero-order valence-corrected chi connectivity index (χ0v) is 9.30. The summed E-state index contributed by atoms with van der Waals surface area (Å²) < 4.78 is 0. The first kappa shape index (κ1) is 11.5. The Morgan fingerprint density at radius 2 is 1.93 bits per heavy atom. The predicted octanol–water partition coefficient (Wildman–Crippen LogP) is 2.34. The van der Waals surface area contributed by atoms with Crippen molar-refractivity contribution in [1.29, 1.82) is 0 Å². The van der Waals surface area contributed by atoms with Crippen molar-refractivity contribution in [3.05, 3.63) is 33.8 Å². The van der Waals surface area contributed by atoms with Gasteiger partial charge in [0.05, 0.1) is 6.10 Å². The molecule has 0 amide bonds. The lowest BCUT2D eigenvalue weighted by Crippen LogP contribution is -2.08. The Labute approximate surface area is 89.7 Å². The van der Waals surface area contributed by atoms with Gasteiger partial charge >= 0.3 is 0 Å². The lowest BCUT2D eigenvalue weighted by molar-refractivity contribution is 0.169. The maximum Gasteiger partial charge on any atom is 0.0819 e. The van der Waals surface area contributed by atoms with Gasteiger partial charge in [-0.25, -0.2) is 0 Å².